The molecule has 1 amide bonds. The summed E-state index contributed by atoms with van der Waals surface area (Å²) in [7, 11) is 0. The number of nitrogens with one attached hydrogen (secondary N) is 1. The SMILES string of the molecule is CC(CC(N)=O)NC1CCOCC1. The van der Waals surface area contributed by atoms with Crippen molar-refractivity contribution in [1.82, 2.24) is 5.32 Å². The number of carbonyl (C=O) groups is 1. The monoisotopic (exact) mass is 186 g/mol. The van der Waals surface area contributed by atoms with Crippen molar-refractivity contribution in [3.05, 3.63) is 0 Å². The topological polar surface area (TPSA) is 64.4 Å². The fourth-order valence-electron chi connectivity index (χ4n) is 1.63. The summed E-state index contributed by atoms with van der Waals surface area (Å²) in [5, 5.41) is 3.37. The molecule has 0 saturated carbocycles. The maximum absolute atomic E-state index is 10.6. The highest BCUT2D eigenvalue weighted by Gasteiger charge is 2.16. The van der Waals surface area contributed by atoms with Gasteiger partial charge in [0.05, 0.1) is 0 Å². The summed E-state index contributed by atoms with van der Waals surface area (Å²) in [6.45, 7) is 3.63. The zero-order valence-corrected chi connectivity index (χ0v) is 8.08. The Kier molecular flexibility index (Phi) is 4.18. The highest BCUT2D eigenvalue weighted by Crippen LogP contribution is 2.07. The second-order valence-electron chi connectivity index (χ2n) is 3.62. The van der Waals surface area contributed by atoms with Crippen molar-refractivity contribution >= 4 is 5.91 Å². The summed E-state index contributed by atoms with van der Waals surface area (Å²) in [6.07, 6.45) is 2.48. The molecular formula is C9H18N2O2. The minimum absolute atomic E-state index is 0.181. The average Bonchev–Trinajstić information content (AvgIpc) is 2.04. The van der Waals surface area contributed by atoms with E-state index in [9.17, 15) is 4.79 Å². The van der Waals surface area contributed by atoms with Crippen molar-refractivity contribution in [1.29, 1.82) is 0 Å². The summed E-state index contributed by atoms with van der Waals surface area (Å²) < 4.78 is 5.23. The molecule has 3 N–H and O–H groups in total. The molecule has 0 aromatic carbocycles. The molecular weight excluding hydrogens is 168 g/mol. The van der Waals surface area contributed by atoms with Crippen molar-refractivity contribution in [3.8, 4) is 0 Å². The van der Waals surface area contributed by atoms with Crippen molar-refractivity contribution in [2.75, 3.05) is 13.2 Å². The minimum atomic E-state index is -0.243. The van der Waals surface area contributed by atoms with E-state index in [2.05, 4.69) is 5.32 Å². The first-order valence-electron chi connectivity index (χ1n) is 4.80. The predicted octanol–water partition coefficient (Wildman–Crippen LogP) is 0.0189. The van der Waals surface area contributed by atoms with Crippen LogP contribution in [0.2, 0.25) is 0 Å². The summed E-state index contributed by atoms with van der Waals surface area (Å²) in [4.78, 5) is 10.6. The van der Waals surface area contributed by atoms with Crippen molar-refractivity contribution < 1.29 is 9.53 Å². The van der Waals surface area contributed by atoms with E-state index in [1.807, 2.05) is 6.92 Å². The van der Waals surface area contributed by atoms with Gasteiger partial charge in [0.15, 0.2) is 0 Å². The lowest BCUT2D eigenvalue weighted by atomic mass is 10.1. The minimum Gasteiger partial charge on any atom is -0.381 e. The molecule has 0 aromatic rings. The second kappa shape index (κ2) is 5.19. The van der Waals surface area contributed by atoms with Crippen LogP contribution in [0.3, 0.4) is 0 Å². The molecule has 0 aromatic heterocycles. The van der Waals surface area contributed by atoms with Crippen LogP contribution >= 0.6 is 0 Å². The maximum Gasteiger partial charge on any atom is 0.218 e. The smallest absolute Gasteiger partial charge is 0.218 e. The molecule has 1 fully saturated rings. The molecule has 13 heavy (non-hydrogen) atoms. The van der Waals surface area contributed by atoms with Gasteiger partial charge in [-0.3, -0.25) is 4.79 Å². The first-order chi connectivity index (χ1) is 6.18. The number of hydrogen-bond acceptors (Lipinski definition) is 3. The standard InChI is InChI=1S/C9H18N2O2/c1-7(6-9(10)12)11-8-2-4-13-5-3-8/h7-8,11H,2-6H2,1H3,(H2,10,12). The Hall–Kier alpha value is -0.610. The summed E-state index contributed by atoms with van der Waals surface area (Å²) in [5.41, 5.74) is 5.09. The average molecular weight is 186 g/mol. The lowest BCUT2D eigenvalue weighted by Gasteiger charge is -2.26. The summed E-state index contributed by atoms with van der Waals surface area (Å²) >= 11 is 0. The molecule has 1 aliphatic heterocycles. The highest BCUT2D eigenvalue weighted by atomic mass is 16.5. The van der Waals surface area contributed by atoms with Gasteiger partial charge >= 0.3 is 0 Å². The molecule has 0 aliphatic carbocycles. The van der Waals surface area contributed by atoms with Gasteiger partial charge in [-0.05, 0) is 19.8 Å². The third-order valence-electron chi connectivity index (χ3n) is 2.25. The van der Waals surface area contributed by atoms with Crippen LogP contribution in [0.15, 0.2) is 0 Å². The Balaban J connectivity index is 2.18. The molecule has 0 bridgehead atoms. The van der Waals surface area contributed by atoms with E-state index < -0.39 is 0 Å². The summed E-state index contributed by atoms with van der Waals surface area (Å²) in [6, 6.07) is 0.670. The van der Waals surface area contributed by atoms with E-state index in [0.29, 0.717) is 12.5 Å². The van der Waals surface area contributed by atoms with Crippen LogP contribution in [0.25, 0.3) is 0 Å². The van der Waals surface area contributed by atoms with E-state index in [-0.39, 0.29) is 11.9 Å². The number of amides is 1. The van der Waals surface area contributed by atoms with Gasteiger partial charge in [0.25, 0.3) is 0 Å². The van der Waals surface area contributed by atoms with Crippen LogP contribution < -0.4 is 11.1 Å². The lowest BCUT2D eigenvalue weighted by Crippen LogP contribution is -2.41. The third kappa shape index (κ3) is 4.24. The van der Waals surface area contributed by atoms with Crippen LogP contribution in [0.5, 0.6) is 0 Å². The van der Waals surface area contributed by atoms with Gasteiger partial charge < -0.3 is 15.8 Å². The molecule has 1 rings (SSSR count). The predicted molar refractivity (Wildman–Crippen MR) is 50.3 cm³/mol. The number of carbonyl (C=O) groups excluding carboxylic acids is 1. The van der Waals surface area contributed by atoms with Crippen molar-refractivity contribution in [2.24, 2.45) is 5.73 Å². The van der Waals surface area contributed by atoms with E-state index in [0.717, 1.165) is 26.1 Å². The Morgan fingerprint density at radius 2 is 2.23 bits per heavy atom. The first kappa shape index (κ1) is 10.5. The van der Waals surface area contributed by atoms with Gasteiger partial charge in [-0.2, -0.15) is 0 Å². The van der Waals surface area contributed by atoms with Crippen molar-refractivity contribution in [2.45, 2.75) is 38.3 Å². The van der Waals surface area contributed by atoms with Crippen LogP contribution in [0.4, 0.5) is 0 Å². The Morgan fingerprint density at radius 1 is 1.62 bits per heavy atom. The number of hydrogen-bond donors (Lipinski definition) is 2. The molecule has 1 atom stereocenters. The van der Waals surface area contributed by atoms with Crippen LogP contribution in [0, 0.1) is 0 Å². The number of ether oxygens (including phenoxy) is 1. The van der Waals surface area contributed by atoms with Gasteiger partial charge in [0, 0.05) is 31.7 Å². The Bertz CT molecular complexity index is 167. The normalized spacial score (nSPS) is 21.3. The van der Waals surface area contributed by atoms with Crippen LogP contribution in [-0.2, 0) is 9.53 Å². The molecule has 0 radical (unpaired) electrons. The fraction of sp³-hybridized carbons (Fsp3) is 0.889. The van der Waals surface area contributed by atoms with E-state index in [1.54, 1.807) is 0 Å². The molecule has 0 spiro atoms. The lowest BCUT2D eigenvalue weighted by molar-refractivity contribution is -0.118. The van der Waals surface area contributed by atoms with Gasteiger partial charge in [-0.1, -0.05) is 0 Å². The Morgan fingerprint density at radius 3 is 2.77 bits per heavy atom. The molecule has 1 aliphatic rings. The van der Waals surface area contributed by atoms with Gasteiger partial charge in [-0.25, -0.2) is 0 Å². The molecule has 4 nitrogen and oxygen atoms in total. The number of primary amides is 1. The molecule has 1 heterocycles. The zero-order valence-electron chi connectivity index (χ0n) is 8.08. The van der Waals surface area contributed by atoms with Crippen LogP contribution in [0.1, 0.15) is 26.2 Å². The van der Waals surface area contributed by atoms with E-state index in [4.69, 9.17) is 10.5 Å². The largest absolute Gasteiger partial charge is 0.381 e. The third-order valence-corrected chi connectivity index (χ3v) is 2.25. The van der Waals surface area contributed by atoms with Crippen molar-refractivity contribution in [3.63, 3.8) is 0 Å². The Labute approximate surface area is 78.8 Å². The van der Waals surface area contributed by atoms with E-state index >= 15 is 0 Å². The van der Waals surface area contributed by atoms with Gasteiger partial charge in [0.1, 0.15) is 0 Å². The molecule has 76 valence electrons. The second-order valence-corrected chi connectivity index (χ2v) is 3.62. The molecule has 4 heteroatoms. The quantitative estimate of drug-likeness (QED) is 0.650. The van der Waals surface area contributed by atoms with Gasteiger partial charge in [0.2, 0.25) is 5.91 Å². The maximum atomic E-state index is 10.6. The first-order valence-corrected chi connectivity index (χ1v) is 4.80. The fourth-order valence-corrected chi connectivity index (χ4v) is 1.63. The van der Waals surface area contributed by atoms with Crippen LogP contribution in [-0.4, -0.2) is 31.2 Å². The van der Waals surface area contributed by atoms with E-state index in [1.165, 1.54) is 0 Å². The number of nitrogens with two attached hydrogens (primary N) is 1. The zero-order chi connectivity index (χ0) is 9.68. The summed E-state index contributed by atoms with van der Waals surface area (Å²) in [5.74, 6) is -0.243. The molecule has 1 unspecified atom stereocenters. The number of rotatable bonds is 4. The van der Waals surface area contributed by atoms with Gasteiger partial charge in [-0.15, -0.1) is 0 Å². The highest BCUT2D eigenvalue weighted by molar-refractivity contribution is 5.74. The molecule has 1 saturated heterocycles.